The van der Waals surface area contributed by atoms with Crippen molar-refractivity contribution in [3.8, 4) is 0 Å². The van der Waals surface area contributed by atoms with E-state index < -0.39 is 0 Å². The molecule has 78 valence electrons. The predicted molar refractivity (Wildman–Crippen MR) is 57.5 cm³/mol. The fourth-order valence-corrected chi connectivity index (χ4v) is 1.37. The normalized spacial score (nSPS) is 10.3. The summed E-state index contributed by atoms with van der Waals surface area (Å²) < 4.78 is 5.20. The quantitative estimate of drug-likeness (QED) is 0.831. The van der Waals surface area contributed by atoms with Gasteiger partial charge in [-0.25, -0.2) is 0 Å². The number of aromatic nitrogens is 2. The molecule has 4 nitrogen and oxygen atoms in total. The van der Waals surface area contributed by atoms with Gasteiger partial charge in [0.25, 0.3) is 0 Å². The SMILES string of the molecule is Cc1cccc(CNc2nnc(C)o2)c1. The van der Waals surface area contributed by atoms with Crippen LogP contribution in [-0.2, 0) is 6.54 Å². The summed E-state index contributed by atoms with van der Waals surface area (Å²) in [6.45, 7) is 4.54. The molecule has 2 aromatic rings. The van der Waals surface area contributed by atoms with Crippen LogP contribution in [-0.4, -0.2) is 10.2 Å². The first-order chi connectivity index (χ1) is 7.24. The summed E-state index contributed by atoms with van der Waals surface area (Å²) in [6, 6.07) is 8.75. The highest BCUT2D eigenvalue weighted by Crippen LogP contribution is 2.08. The van der Waals surface area contributed by atoms with Crippen LogP contribution in [0.15, 0.2) is 28.7 Å². The van der Waals surface area contributed by atoms with Crippen molar-refractivity contribution in [1.29, 1.82) is 0 Å². The summed E-state index contributed by atoms with van der Waals surface area (Å²) in [5.74, 6) is 0.571. The van der Waals surface area contributed by atoms with E-state index >= 15 is 0 Å². The van der Waals surface area contributed by atoms with Gasteiger partial charge in [0, 0.05) is 13.5 Å². The summed E-state index contributed by atoms with van der Waals surface area (Å²) in [5.41, 5.74) is 2.45. The molecule has 0 radical (unpaired) electrons. The molecule has 15 heavy (non-hydrogen) atoms. The van der Waals surface area contributed by atoms with Crippen LogP contribution in [0.4, 0.5) is 6.01 Å². The zero-order valence-corrected chi connectivity index (χ0v) is 8.82. The smallest absolute Gasteiger partial charge is 0.315 e. The second kappa shape index (κ2) is 4.13. The monoisotopic (exact) mass is 203 g/mol. The summed E-state index contributed by atoms with van der Waals surface area (Å²) in [5, 5.41) is 10.7. The fourth-order valence-electron chi connectivity index (χ4n) is 1.37. The van der Waals surface area contributed by atoms with Crippen LogP contribution in [0, 0.1) is 13.8 Å². The lowest BCUT2D eigenvalue weighted by atomic mass is 10.1. The molecule has 0 aliphatic carbocycles. The van der Waals surface area contributed by atoms with Crippen molar-refractivity contribution in [2.24, 2.45) is 0 Å². The summed E-state index contributed by atoms with van der Waals surface area (Å²) >= 11 is 0. The lowest BCUT2D eigenvalue weighted by molar-refractivity contribution is 0.530. The highest BCUT2D eigenvalue weighted by Gasteiger charge is 2.00. The van der Waals surface area contributed by atoms with E-state index in [1.807, 2.05) is 6.07 Å². The zero-order valence-electron chi connectivity index (χ0n) is 8.82. The van der Waals surface area contributed by atoms with Gasteiger partial charge in [0.2, 0.25) is 5.89 Å². The first-order valence-electron chi connectivity index (χ1n) is 4.83. The Kier molecular flexibility index (Phi) is 2.67. The maximum atomic E-state index is 5.20. The molecule has 0 saturated carbocycles. The first kappa shape index (κ1) is 9.71. The molecule has 0 unspecified atom stereocenters. The van der Waals surface area contributed by atoms with Crippen LogP contribution >= 0.6 is 0 Å². The van der Waals surface area contributed by atoms with Crippen LogP contribution in [0.2, 0.25) is 0 Å². The molecule has 4 heteroatoms. The van der Waals surface area contributed by atoms with Crippen LogP contribution in [0.3, 0.4) is 0 Å². The minimum Gasteiger partial charge on any atom is -0.408 e. The van der Waals surface area contributed by atoms with Gasteiger partial charge in [-0.05, 0) is 12.5 Å². The molecule has 0 amide bonds. The minimum atomic E-state index is 0.467. The van der Waals surface area contributed by atoms with Crippen molar-refractivity contribution in [1.82, 2.24) is 10.2 Å². The number of nitrogens with one attached hydrogen (secondary N) is 1. The summed E-state index contributed by atoms with van der Waals surface area (Å²) in [7, 11) is 0. The molecule has 0 spiro atoms. The van der Waals surface area contributed by atoms with Gasteiger partial charge in [-0.3, -0.25) is 0 Å². The molecule has 0 fully saturated rings. The van der Waals surface area contributed by atoms with Crippen LogP contribution in [0.25, 0.3) is 0 Å². The zero-order chi connectivity index (χ0) is 10.7. The Hall–Kier alpha value is -1.84. The Morgan fingerprint density at radius 1 is 1.27 bits per heavy atom. The summed E-state index contributed by atoms with van der Waals surface area (Å²) in [6.07, 6.45) is 0. The highest BCUT2D eigenvalue weighted by atomic mass is 16.4. The highest BCUT2D eigenvalue weighted by molar-refractivity contribution is 5.26. The first-order valence-corrected chi connectivity index (χ1v) is 4.83. The predicted octanol–water partition coefficient (Wildman–Crippen LogP) is 2.30. The third kappa shape index (κ3) is 2.56. The Balaban J connectivity index is 1.99. The van der Waals surface area contributed by atoms with E-state index in [9.17, 15) is 0 Å². The van der Waals surface area contributed by atoms with Crippen molar-refractivity contribution >= 4 is 6.01 Å². The van der Waals surface area contributed by atoms with Crippen molar-refractivity contribution in [3.63, 3.8) is 0 Å². The van der Waals surface area contributed by atoms with E-state index in [-0.39, 0.29) is 0 Å². The molecule has 0 atom stereocenters. The molecule has 1 aromatic carbocycles. The molecule has 0 bridgehead atoms. The van der Waals surface area contributed by atoms with Crippen LogP contribution in [0.1, 0.15) is 17.0 Å². The van der Waals surface area contributed by atoms with Gasteiger partial charge in [0.15, 0.2) is 0 Å². The number of benzene rings is 1. The topological polar surface area (TPSA) is 51.0 Å². The number of nitrogens with zero attached hydrogens (tertiary/aromatic N) is 2. The number of rotatable bonds is 3. The Bertz CT molecular complexity index is 451. The second-order valence-electron chi connectivity index (χ2n) is 3.47. The number of hydrogen-bond acceptors (Lipinski definition) is 4. The maximum Gasteiger partial charge on any atom is 0.315 e. The molecule has 2 rings (SSSR count). The third-order valence-electron chi connectivity index (χ3n) is 2.05. The van der Waals surface area contributed by atoms with Gasteiger partial charge in [0.05, 0.1) is 0 Å². The van der Waals surface area contributed by atoms with Crippen LogP contribution < -0.4 is 5.32 Å². The van der Waals surface area contributed by atoms with Crippen molar-refractivity contribution in [2.45, 2.75) is 20.4 Å². The van der Waals surface area contributed by atoms with E-state index in [2.05, 4.69) is 40.6 Å². The van der Waals surface area contributed by atoms with Gasteiger partial charge in [-0.15, -0.1) is 5.10 Å². The van der Waals surface area contributed by atoms with Gasteiger partial charge < -0.3 is 9.73 Å². The fraction of sp³-hybridized carbons (Fsp3) is 0.273. The largest absolute Gasteiger partial charge is 0.408 e. The maximum absolute atomic E-state index is 5.20. The van der Waals surface area contributed by atoms with E-state index in [4.69, 9.17) is 4.42 Å². The van der Waals surface area contributed by atoms with E-state index in [0.29, 0.717) is 18.5 Å². The van der Waals surface area contributed by atoms with Gasteiger partial charge >= 0.3 is 6.01 Å². The van der Waals surface area contributed by atoms with Crippen molar-refractivity contribution in [2.75, 3.05) is 5.32 Å². The third-order valence-corrected chi connectivity index (χ3v) is 2.05. The lowest BCUT2D eigenvalue weighted by Gasteiger charge is -2.02. The van der Waals surface area contributed by atoms with Gasteiger partial charge in [-0.1, -0.05) is 34.9 Å². The Morgan fingerprint density at radius 3 is 2.80 bits per heavy atom. The van der Waals surface area contributed by atoms with Gasteiger partial charge in [0.1, 0.15) is 0 Å². The van der Waals surface area contributed by atoms with Crippen molar-refractivity contribution < 1.29 is 4.42 Å². The summed E-state index contributed by atoms with van der Waals surface area (Å²) in [4.78, 5) is 0. The molecule has 0 saturated heterocycles. The molecule has 0 aliphatic heterocycles. The van der Waals surface area contributed by atoms with Crippen LogP contribution in [0.5, 0.6) is 0 Å². The second-order valence-corrected chi connectivity index (χ2v) is 3.47. The number of aryl methyl sites for hydroxylation is 2. The number of hydrogen-bond donors (Lipinski definition) is 1. The molecule has 1 N–H and O–H groups in total. The molecular formula is C11H13N3O. The molecule has 1 aromatic heterocycles. The average molecular weight is 203 g/mol. The van der Waals surface area contributed by atoms with E-state index in [0.717, 1.165) is 0 Å². The number of anilines is 1. The average Bonchev–Trinajstić information content (AvgIpc) is 2.62. The van der Waals surface area contributed by atoms with Crippen molar-refractivity contribution in [3.05, 3.63) is 41.3 Å². The molecule has 1 heterocycles. The Morgan fingerprint density at radius 2 is 2.13 bits per heavy atom. The minimum absolute atomic E-state index is 0.467. The van der Waals surface area contributed by atoms with E-state index in [1.165, 1.54) is 11.1 Å². The lowest BCUT2D eigenvalue weighted by Crippen LogP contribution is -1.99. The van der Waals surface area contributed by atoms with Gasteiger partial charge in [-0.2, -0.15) is 0 Å². The van der Waals surface area contributed by atoms with E-state index in [1.54, 1.807) is 6.92 Å². The molecular weight excluding hydrogens is 190 g/mol. The Labute approximate surface area is 88.3 Å². The molecule has 0 aliphatic rings. The standard InChI is InChI=1S/C11H13N3O/c1-8-4-3-5-10(6-8)7-12-11-14-13-9(2)15-11/h3-6H,7H2,1-2H3,(H,12,14).